The van der Waals surface area contributed by atoms with Crippen LogP contribution in [0.25, 0.3) is 0 Å². The summed E-state index contributed by atoms with van der Waals surface area (Å²) < 4.78 is 4.96. The van der Waals surface area contributed by atoms with E-state index in [-0.39, 0.29) is 5.92 Å². The van der Waals surface area contributed by atoms with E-state index in [0.717, 1.165) is 12.6 Å². The third-order valence-electron chi connectivity index (χ3n) is 0.993. The van der Waals surface area contributed by atoms with Crippen LogP contribution in [0.15, 0.2) is 0 Å². The molecular formula is C7H12O3. The molecule has 0 saturated heterocycles. The molecule has 0 aliphatic rings. The van der Waals surface area contributed by atoms with E-state index in [4.69, 9.17) is 4.74 Å². The van der Waals surface area contributed by atoms with Crippen molar-refractivity contribution in [2.24, 2.45) is 5.92 Å². The summed E-state index contributed by atoms with van der Waals surface area (Å²) in [6.45, 7) is 2.60. The minimum absolute atomic E-state index is 0.0633. The molecule has 0 radical (unpaired) electrons. The lowest BCUT2D eigenvalue weighted by atomic mass is 10.2. The fourth-order valence-corrected chi connectivity index (χ4v) is 0.440. The predicted octanol–water partition coefficient (Wildman–Crippen LogP) is 0.427. The molecule has 0 aromatic rings. The van der Waals surface area contributed by atoms with E-state index in [1.54, 1.807) is 6.92 Å². The van der Waals surface area contributed by atoms with Crippen molar-refractivity contribution in [1.29, 1.82) is 0 Å². The van der Waals surface area contributed by atoms with Gasteiger partial charge in [-0.05, 0) is 0 Å². The van der Waals surface area contributed by atoms with Crippen LogP contribution in [0.2, 0.25) is 0 Å². The quantitative estimate of drug-likeness (QED) is 0.401. The van der Waals surface area contributed by atoms with Crippen LogP contribution in [0.1, 0.15) is 13.3 Å². The van der Waals surface area contributed by atoms with E-state index in [9.17, 15) is 9.59 Å². The maximum Gasteiger partial charge on any atom is 0.125 e. The van der Waals surface area contributed by atoms with Crippen LogP contribution in [-0.2, 0) is 14.3 Å². The lowest BCUT2D eigenvalue weighted by Gasteiger charge is -2.02. The Kier molecular flexibility index (Phi) is 5.97. The maximum atomic E-state index is 10.0. The van der Waals surface area contributed by atoms with E-state index in [0.29, 0.717) is 19.6 Å². The van der Waals surface area contributed by atoms with Gasteiger partial charge in [-0.25, -0.2) is 0 Å². The molecule has 0 bridgehead atoms. The van der Waals surface area contributed by atoms with Gasteiger partial charge in [-0.3, -0.25) is 0 Å². The zero-order chi connectivity index (χ0) is 7.82. The molecule has 1 atom stereocenters. The highest BCUT2D eigenvalue weighted by Crippen LogP contribution is 1.90. The Balaban J connectivity index is 3.02. The van der Waals surface area contributed by atoms with Crippen molar-refractivity contribution in [3.63, 3.8) is 0 Å². The largest absolute Gasteiger partial charge is 0.380 e. The summed E-state index contributed by atoms with van der Waals surface area (Å²) in [6.07, 6.45) is 2.04. The first kappa shape index (κ1) is 9.30. The first-order chi connectivity index (χ1) is 4.81. The van der Waals surface area contributed by atoms with Crippen molar-refractivity contribution < 1.29 is 14.3 Å². The van der Waals surface area contributed by atoms with Gasteiger partial charge < -0.3 is 14.3 Å². The number of carbonyl (C=O) groups excluding carboxylic acids is 2. The summed E-state index contributed by atoms with van der Waals surface area (Å²) in [5, 5.41) is 0. The molecule has 0 aromatic carbocycles. The fraction of sp³-hybridized carbons (Fsp3) is 0.714. The molecule has 10 heavy (non-hydrogen) atoms. The molecule has 0 saturated carbocycles. The van der Waals surface area contributed by atoms with E-state index < -0.39 is 0 Å². The van der Waals surface area contributed by atoms with Gasteiger partial charge in [0.2, 0.25) is 0 Å². The van der Waals surface area contributed by atoms with Crippen LogP contribution in [0.5, 0.6) is 0 Å². The Labute approximate surface area is 60.4 Å². The second-order valence-corrected chi connectivity index (χ2v) is 2.14. The molecule has 3 nitrogen and oxygen atoms in total. The Hall–Kier alpha value is -0.700. The molecule has 0 aliphatic carbocycles. The van der Waals surface area contributed by atoms with Crippen LogP contribution in [-0.4, -0.2) is 25.8 Å². The SMILES string of the molecule is CC(C=O)COCCC=O. The summed E-state index contributed by atoms with van der Waals surface area (Å²) >= 11 is 0. The van der Waals surface area contributed by atoms with Crippen molar-refractivity contribution in [1.82, 2.24) is 0 Å². The average Bonchev–Trinajstić information content (AvgIpc) is 1.98. The summed E-state index contributed by atoms with van der Waals surface area (Å²) in [5.74, 6) is -0.0633. The monoisotopic (exact) mass is 144 g/mol. The number of hydrogen-bond donors (Lipinski definition) is 0. The topological polar surface area (TPSA) is 43.4 Å². The molecule has 0 aliphatic heterocycles. The highest BCUT2D eigenvalue weighted by molar-refractivity contribution is 5.52. The van der Waals surface area contributed by atoms with E-state index in [1.807, 2.05) is 0 Å². The van der Waals surface area contributed by atoms with Crippen molar-refractivity contribution in [2.75, 3.05) is 13.2 Å². The summed E-state index contributed by atoms with van der Waals surface area (Å²) in [4.78, 5) is 19.8. The molecule has 58 valence electrons. The molecule has 0 spiro atoms. The maximum absolute atomic E-state index is 10.0. The van der Waals surface area contributed by atoms with E-state index in [1.165, 1.54) is 0 Å². The standard InChI is InChI=1S/C7H12O3/c1-7(5-9)6-10-4-2-3-8/h3,5,7H,2,4,6H2,1H3. The van der Waals surface area contributed by atoms with E-state index in [2.05, 4.69) is 0 Å². The highest BCUT2D eigenvalue weighted by atomic mass is 16.5. The molecule has 0 rings (SSSR count). The van der Waals surface area contributed by atoms with Gasteiger partial charge in [0.05, 0.1) is 13.2 Å². The van der Waals surface area contributed by atoms with Crippen LogP contribution < -0.4 is 0 Å². The third kappa shape index (κ3) is 5.44. The zero-order valence-corrected chi connectivity index (χ0v) is 6.08. The smallest absolute Gasteiger partial charge is 0.125 e. The van der Waals surface area contributed by atoms with Crippen LogP contribution >= 0.6 is 0 Å². The zero-order valence-electron chi connectivity index (χ0n) is 6.08. The Morgan fingerprint density at radius 2 is 2.20 bits per heavy atom. The Morgan fingerprint density at radius 1 is 1.50 bits per heavy atom. The highest BCUT2D eigenvalue weighted by Gasteiger charge is 1.97. The summed E-state index contributed by atoms with van der Waals surface area (Å²) in [7, 11) is 0. The normalized spacial score (nSPS) is 12.5. The van der Waals surface area contributed by atoms with Crippen molar-refractivity contribution in [3.8, 4) is 0 Å². The number of aldehydes is 2. The molecule has 0 aromatic heterocycles. The van der Waals surface area contributed by atoms with Crippen LogP contribution in [0, 0.1) is 5.92 Å². The molecule has 1 unspecified atom stereocenters. The third-order valence-corrected chi connectivity index (χ3v) is 0.993. The van der Waals surface area contributed by atoms with Gasteiger partial charge in [0.25, 0.3) is 0 Å². The summed E-state index contributed by atoms with van der Waals surface area (Å²) in [5.41, 5.74) is 0. The molecule has 0 heterocycles. The van der Waals surface area contributed by atoms with Gasteiger partial charge in [-0.15, -0.1) is 0 Å². The van der Waals surface area contributed by atoms with Gasteiger partial charge in [0.1, 0.15) is 12.6 Å². The second-order valence-electron chi connectivity index (χ2n) is 2.14. The van der Waals surface area contributed by atoms with Gasteiger partial charge in [0, 0.05) is 12.3 Å². The van der Waals surface area contributed by atoms with Crippen molar-refractivity contribution in [2.45, 2.75) is 13.3 Å². The van der Waals surface area contributed by atoms with Crippen molar-refractivity contribution in [3.05, 3.63) is 0 Å². The number of hydrogen-bond acceptors (Lipinski definition) is 3. The predicted molar refractivity (Wildman–Crippen MR) is 36.7 cm³/mol. The molecular weight excluding hydrogens is 132 g/mol. The number of rotatable bonds is 6. The Bertz CT molecular complexity index is 101. The number of ether oxygens (including phenoxy) is 1. The van der Waals surface area contributed by atoms with Gasteiger partial charge in [0.15, 0.2) is 0 Å². The second kappa shape index (κ2) is 6.42. The van der Waals surface area contributed by atoms with Crippen LogP contribution in [0.4, 0.5) is 0 Å². The minimum Gasteiger partial charge on any atom is -0.380 e. The molecule has 0 N–H and O–H groups in total. The Morgan fingerprint density at radius 3 is 2.70 bits per heavy atom. The summed E-state index contributed by atoms with van der Waals surface area (Å²) in [6, 6.07) is 0. The molecule has 0 amide bonds. The minimum atomic E-state index is -0.0633. The van der Waals surface area contributed by atoms with Gasteiger partial charge in [-0.1, -0.05) is 6.92 Å². The number of carbonyl (C=O) groups is 2. The first-order valence-corrected chi connectivity index (χ1v) is 3.28. The van der Waals surface area contributed by atoms with Crippen molar-refractivity contribution >= 4 is 12.6 Å². The molecule has 3 heteroatoms. The van der Waals surface area contributed by atoms with Gasteiger partial charge in [-0.2, -0.15) is 0 Å². The first-order valence-electron chi connectivity index (χ1n) is 3.28. The molecule has 0 fully saturated rings. The van der Waals surface area contributed by atoms with Crippen LogP contribution in [0.3, 0.4) is 0 Å². The average molecular weight is 144 g/mol. The lowest BCUT2D eigenvalue weighted by molar-refractivity contribution is -0.112. The van der Waals surface area contributed by atoms with E-state index >= 15 is 0 Å². The lowest BCUT2D eigenvalue weighted by Crippen LogP contribution is -2.07. The van der Waals surface area contributed by atoms with Gasteiger partial charge >= 0.3 is 0 Å². The fourth-order valence-electron chi connectivity index (χ4n) is 0.440.